The van der Waals surface area contributed by atoms with Gasteiger partial charge in [0.25, 0.3) is 0 Å². The van der Waals surface area contributed by atoms with Gasteiger partial charge in [-0.15, -0.1) is 0 Å². The van der Waals surface area contributed by atoms with Crippen molar-refractivity contribution in [1.82, 2.24) is 4.98 Å². The van der Waals surface area contributed by atoms with Crippen LogP contribution in [0.1, 0.15) is 11.1 Å². The number of aromatic nitrogens is 1. The largest absolute Gasteiger partial charge is 0.398 e. The number of nitrogens with one attached hydrogen (secondary N) is 1. The van der Waals surface area contributed by atoms with Crippen LogP contribution < -0.4 is 11.1 Å². The lowest BCUT2D eigenvalue weighted by Crippen LogP contribution is -2.08. The first kappa shape index (κ1) is 19.8. The topological polar surface area (TPSA) is 80.4 Å². The molecule has 5 nitrogen and oxygen atoms in total. The van der Waals surface area contributed by atoms with E-state index in [9.17, 15) is 4.79 Å². The monoisotopic (exact) mass is 382 g/mol. The number of hydrogen-bond donors (Lipinski definition) is 2. The maximum Gasteiger partial charge on any atom is 0.248 e. The lowest BCUT2D eigenvalue weighted by atomic mass is 10.0. The first-order valence-corrected chi connectivity index (χ1v) is 9.15. The van der Waals surface area contributed by atoms with Crippen molar-refractivity contribution in [3.05, 3.63) is 103 Å². The molecule has 0 aliphatic carbocycles. The minimum atomic E-state index is -0.291. The third-order valence-electron chi connectivity index (χ3n) is 4.20. The molecule has 1 amide bonds. The number of allylic oxidation sites excluding steroid dienone is 1. The number of aliphatic imine (C=N–C) groups is 1. The average molecular weight is 382 g/mol. The lowest BCUT2D eigenvalue weighted by Gasteiger charge is -2.05. The Kier molecular flexibility index (Phi) is 6.68. The number of benzene rings is 2. The molecule has 1 heterocycles. The Bertz CT molecular complexity index is 1040. The summed E-state index contributed by atoms with van der Waals surface area (Å²) in [7, 11) is 0. The number of pyridine rings is 1. The molecule has 3 aromatic rings. The summed E-state index contributed by atoms with van der Waals surface area (Å²) in [4.78, 5) is 19.8. The zero-order chi connectivity index (χ0) is 20.5. The average Bonchev–Trinajstić information content (AvgIpc) is 2.78. The first-order chi connectivity index (χ1) is 14.2. The maximum absolute atomic E-state index is 11.2. The summed E-state index contributed by atoms with van der Waals surface area (Å²) in [6.45, 7) is 3.87. The number of carbonyl (C=O) groups excluding carboxylic acids is 1. The molecule has 2 aromatic carbocycles. The highest BCUT2D eigenvalue weighted by atomic mass is 16.1. The first-order valence-electron chi connectivity index (χ1n) is 9.15. The van der Waals surface area contributed by atoms with Crippen LogP contribution >= 0.6 is 0 Å². The van der Waals surface area contributed by atoms with Crippen molar-refractivity contribution in [2.75, 3.05) is 5.32 Å². The number of hydrogen-bond acceptors (Lipinski definition) is 4. The van der Waals surface area contributed by atoms with Crippen molar-refractivity contribution in [3.8, 4) is 11.1 Å². The number of nitrogens with two attached hydrogens (primary N) is 1. The Balaban J connectivity index is 1.62. The number of rotatable bonds is 7. The fourth-order valence-corrected chi connectivity index (χ4v) is 2.67. The molecule has 29 heavy (non-hydrogen) atoms. The minimum Gasteiger partial charge on any atom is -0.398 e. The smallest absolute Gasteiger partial charge is 0.248 e. The quantitative estimate of drug-likeness (QED) is 0.468. The van der Waals surface area contributed by atoms with Gasteiger partial charge in [-0.2, -0.15) is 0 Å². The third kappa shape index (κ3) is 5.74. The van der Waals surface area contributed by atoms with E-state index in [4.69, 9.17) is 5.73 Å². The molecule has 0 aliphatic heterocycles. The van der Waals surface area contributed by atoms with Gasteiger partial charge in [0.05, 0.1) is 6.54 Å². The molecule has 0 saturated carbocycles. The van der Waals surface area contributed by atoms with Gasteiger partial charge in [0.15, 0.2) is 0 Å². The van der Waals surface area contributed by atoms with Gasteiger partial charge in [0.2, 0.25) is 5.91 Å². The van der Waals surface area contributed by atoms with Gasteiger partial charge >= 0.3 is 0 Å². The van der Waals surface area contributed by atoms with Crippen molar-refractivity contribution in [3.63, 3.8) is 0 Å². The number of nitrogens with zero attached hydrogens (tertiary/aromatic N) is 2. The van der Waals surface area contributed by atoms with Crippen LogP contribution in [0.5, 0.6) is 0 Å². The molecule has 0 fully saturated rings. The molecule has 0 aliphatic rings. The van der Waals surface area contributed by atoms with Crippen molar-refractivity contribution in [1.29, 1.82) is 0 Å². The van der Waals surface area contributed by atoms with Gasteiger partial charge in [-0.3, -0.25) is 9.79 Å². The summed E-state index contributed by atoms with van der Waals surface area (Å²) in [5.41, 5.74) is 11.0. The van der Waals surface area contributed by atoms with E-state index in [2.05, 4.69) is 46.1 Å². The van der Waals surface area contributed by atoms with E-state index >= 15 is 0 Å². The fourth-order valence-electron chi connectivity index (χ4n) is 2.67. The van der Waals surface area contributed by atoms with Crippen molar-refractivity contribution in [2.24, 2.45) is 10.7 Å². The standard InChI is InChI=1S/C24H22N4O/c1-2-24(29)28-23-12-11-18(17-27-23)16-26-14-13-22(25)21-10-6-9-20(15-21)19-7-4-3-5-8-19/h2-15,17H,1,16,25H2,(H,27,28,29). The van der Waals surface area contributed by atoms with Gasteiger partial charge in [-0.1, -0.05) is 61.2 Å². The van der Waals surface area contributed by atoms with Crippen LogP contribution in [0.4, 0.5) is 5.82 Å². The highest BCUT2D eigenvalue weighted by molar-refractivity contribution is 5.98. The predicted octanol–water partition coefficient (Wildman–Crippen LogP) is 4.44. The summed E-state index contributed by atoms with van der Waals surface area (Å²) in [5.74, 6) is 0.185. The molecule has 0 spiro atoms. The predicted molar refractivity (Wildman–Crippen MR) is 119 cm³/mol. The van der Waals surface area contributed by atoms with Crippen molar-refractivity contribution < 1.29 is 4.79 Å². The van der Waals surface area contributed by atoms with Crippen molar-refractivity contribution in [2.45, 2.75) is 6.54 Å². The van der Waals surface area contributed by atoms with Crippen LogP contribution in [0.15, 0.2) is 96.7 Å². The Morgan fingerprint density at radius 2 is 1.86 bits per heavy atom. The second-order valence-corrected chi connectivity index (χ2v) is 6.30. The normalized spacial score (nSPS) is 11.4. The van der Waals surface area contributed by atoms with E-state index < -0.39 is 0 Å². The van der Waals surface area contributed by atoms with Crippen LogP contribution in [0.2, 0.25) is 0 Å². The summed E-state index contributed by atoms with van der Waals surface area (Å²) in [6, 6.07) is 21.9. The molecule has 144 valence electrons. The van der Waals surface area contributed by atoms with E-state index in [1.54, 1.807) is 24.6 Å². The van der Waals surface area contributed by atoms with Crippen LogP contribution in [0.25, 0.3) is 16.8 Å². The molecule has 5 heteroatoms. The van der Waals surface area contributed by atoms with Gasteiger partial charge in [-0.05, 0) is 46.5 Å². The van der Waals surface area contributed by atoms with Crippen molar-refractivity contribution >= 4 is 23.6 Å². The van der Waals surface area contributed by atoms with Crippen LogP contribution in [-0.2, 0) is 11.3 Å². The minimum absolute atomic E-state index is 0.291. The second-order valence-electron chi connectivity index (χ2n) is 6.30. The molecule has 0 unspecified atom stereocenters. The summed E-state index contributed by atoms with van der Waals surface area (Å²) in [6.07, 6.45) is 6.35. The second kappa shape index (κ2) is 9.80. The molecule has 0 radical (unpaired) electrons. The SMILES string of the molecule is C=CC(=O)Nc1ccc(CN=CC=C(N)c2cccc(-c3ccccc3)c2)cn1. The summed E-state index contributed by atoms with van der Waals surface area (Å²) in [5, 5.41) is 2.60. The molecular weight excluding hydrogens is 360 g/mol. The van der Waals surface area contributed by atoms with E-state index in [-0.39, 0.29) is 5.91 Å². The zero-order valence-corrected chi connectivity index (χ0v) is 16.0. The third-order valence-corrected chi connectivity index (χ3v) is 4.20. The molecule has 0 saturated heterocycles. The zero-order valence-electron chi connectivity index (χ0n) is 16.0. The van der Waals surface area contributed by atoms with Crippen LogP contribution in [0.3, 0.4) is 0 Å². The molecule has 1 aromatic heterocycles. The molecule has 0 bridgehead atoms. The highest BCUT2D eigenvalue weighted by Gasteiger charge is 2.01. The number of amides is 1. The molecule has 3 N–H and O–H groups in total. The van der Waals surface area contributed by atoms with E-state index in [0.29, 0.717) is 18.1 Å². The number of anilines is 1. The Morgan fingerprint density at radius 1 is 1.07 bits per heavy atom. The summed E-state index contributed by atoms with van der Waals surface area (Å²) >= 11 is 0. The molecule has 3 rings (SSSR count). The Hall–Kier alpha value is -3.99. The Labute approximate surface area is 170 Å². The fraction of sp³-hybridized carbons (Fsp3) is 0.0417. The van der Waals surface area contributed by atoms with Crippen LogP contribution in [-0.4, -0.2) is 17.1 Å². The van der Waals surface area contributed by atoms with E-state index in [0.717, 1.165) is 22.3 Å². The highest BCUT2D eigenvalue weighted by Crippen LogP contribution is 2.21. The van der Waals surface area contributed by atoms with E-state index in [1.165, 1.54) is 6.08 Å². The lowest BCUT2D eigenvalue weighted by molar-refractivity contribution is -0.111. The van der Waals surface area contributed by atoms with E-state index in [1.807, 2.05) is 36.4 Å². The van der Waals surface area contributed by atoms with Crippen LogP contribution in [0, 0.1) is 0 Å². The Morgan fingerprint density at radius 3 is 2.59 bits per heavy atom. The summed E-state index contributed by atoms with van der Waals surface area (Å²) < 4.78 is 0. The van der Waals surface area contributed by atoms with Gasteiger partial charge in [0, 0.05) is 18.1 Å². The van der Waals surface area contributed by atoms with Gasteiger partial charge in [-0.25, -0.2) is 4.98 Å². The van der Waals surface area contributed by atoms with Gasteiger partial charge in [0.1, 0.15) is 5.82 Å². The molecular formula is C24H22N4O. The number of carbonyl (C=O) groups is 1. The molecule has 0 atom stereocenters. The van der Waals surface area contributed by atoms with Gasteiger partial charge < -0.3 is 11.1 Å². The maximum atomic E-state index is 11.2.